The molecule has 1 aromatic heterocycles. The van der Waals surface area contributed by atoms with Gasteiger partial charge in [0.05, 0.1) is 24.8 Å². The van der Waals surface area contributed by atoms with Crippen LogP contribution in [0, 0.1) is 6.92 Å². The van der Waals surface area contributed by atoms with Crippen LogP contribution in [0.25, 0.3) is 0 Å². The van der Waals surface area contributed by atoms with Gasteiger partial charge in [0, 0.05) is 17.3 Å². The smallest absolute Gasteiger partial charge is 0.395 e. The van der Waals surface area contributed by atoms with Gasteiger partial charge in [0.25, 0.3) is 0 Å². The summed E-state index contributed by atoms with van der Waals surface area (Å²) >= 11 is 0. The Morgan fingerprint density at radius 1 is 1.26 bits per heavy atom. The molecule has 0 bridgehead atoms. The molecule has 0 fully saturated rings. The Morgan fingerprint density at radius 3 is 2.50 bits per heavy atom. The highest BCUT2D eigenvalue weighted by atomic mass is 31.1. The number of aromatic nitrogens is 1. The van der Waals surface area contributed by atoms with Gasteiger partial charge in [0.1, 0.15) is 12.4 Å². The minimum atomic E-state index is -4.75. The van der Waals surface area contributed by atoms with Crippen molar-refractivity contribution >= 4 is 14.1 Å². The maximum Gasteiger partial charge on any atom is 0.395 e. The molecule has 0 aliphatic rings. The van der Waals surface area contributed by atoms with Crippen LogP contribution >= 0.6 is 8.17 Å². The lowest BCUT2D eigenvalue weighted by molar-refractivity contribution is -0.172. The Balaban J connectivity index is 2.22. The lowest BCUT2D eigenvalue weighted by atomic mass is 10.1. The Labute approximate surface area is 194 Å². The predicted molar refractivity (Wildman–Crippen MR) is 113 cm³/mol. The van der Waals surface area contributed by atoms with E-state index in [2.05, 4.69) is 9.73 Å². The van der Waals surface area contributed by atoms with Crippen molar-refractivity contribution in [2.24, 2.45) is 4.74 Å². The summed E-state index contributed by atoms with van der Waals surface area (Å²) in [5.41, 5.74) is 0.904. The average molecular weight is 504 g/mol. The van der Waals surface area contributed by atoms with Gasteiger partial charge >= 0.3 is 20.3 Å². The van der Waals surface area contributed by atoms with E-state index in [0.29, 0.717) is 11.3 Å². The molecule has 0 spiro atoms. The molecule has 2 atom stereocenters. The Morgan fingerprint density at radius 2 is 1.91 bits per heavy atom. The first-order valence-electron chi connectivity index (χ1n) is 10.0. The molecule has 1 heterocycles. The minimum absolute atomic E-state index is 0.0575. The first-order chi connectivity index (χ1) is 15.9. The fourth-order valence-corrected chi connectivity index (χ4v) is 3.48. The fourth-order valence-electron chi connectivity index (χ4n) is 2.71. The lowest BCUT2D eigenvalue weighted by Crippen LogP contribution is -2.29. The SMILES string of the molecule is Cc1ncc(COc2ccccc2O/[P+]([O-])=N\C(CC(F)(F)F)C(=O)OC(C)C)c(CO)c1O. The Bertz CT molecular complexity index is 1030. The summed E-state index contributed by atoms with van der Waals surface area (Å²) in [6.45, 7) is 3.84. The number of carbonyl (C=O) groups excluding carboxylic acids is 1. The first kappa shape index (κ1) is 27.3. The van der Waals surface area contributed by atoms with E-state index in [1.807, 2.05) is 0 Å². The second-order valence-electron chi connectivity index (χ2n) is 7.35. The van der Waals surface area contributed by atoms with Gasteiger partial charge in [0.15, 0.2) is 5.75 Å². The number of hydrogen-bond donors (Lipinski definition) is 2. The highest BCUT2D eigenvalue weighted by molar-refractivity contribution is 7.34. The molecule has 2 aromatic rings. The van der Waals surface area contributed by atoms with Gasteiger partial charge in [0.2, 0.25) is 11.8 Å². The number of rotatable bonds is 10. The largest absolute Gasteiger partial charge is 0.575 e. The number of aromatic hydroxyl groups is 1. The molecule has 0 amide bonds. The van der Waals surface area contributed by atoms with E-state index in [4.69, 9.17) is 14.0 Å². The zero-order valence-electron chi connectivity index (χ0n) is 18.6. The van der Waals surface area contributed by atoms with Crippen molar-refractivity contribution in [2.75, 3.05) is 0 Å². The topological polar surface area (TPSA) is 134 Å². The second-order valence-corrected chi connectivity index (χ2v) is 8.24. The minimum Gasteiger partial charge on any atom is -0.575 e. The van der Waals surface area contributed by atoms with Crippen LogP contribution in [0.5, 0.6) is 17.2 Å². The number of para-hydroxylation sites is 2. The maximum atomic E-state index is 12.9. The molecule has 34 heavy (non-hydrogen) atoms. The third kappa shape index (κ3) is 8.12. The van der Waals surface area contributed by atoms with Crippen molar-refractivity contribution in [3.63, 3.8) is 0 Å². The zero-order valence-corrected chi connectivity index (χ0v) is 19.5. The predicted octanol–water partition coefficient (Wildman–Crippen LogP) is 3.67. The van der Waals surface area contributed by atoms with Crippen molar-refractivity contribution in [3.8, 4) is 17.2 Å². The van der Waals surface area contributed by atoms with Crippen molar-refractivity contribution in [1.82, 2.24) is 4.98 Å². The quantitative estimate of drug-likeness (QED) is 0.370. The number of hydrogen-bond acceptors (Lipinski definition) is 9. The van der Waals surface area contributed by atoms with Gasteiger partial charge in [-0.1, -0.05) is 16.9 Å². The Kier molecular flexibility index (Phi) is 9.60. The van der Waals surface area contributed by atoms with E-state index in [1.54, 1.807) is 13.0 Å². The molecule has 0 aliphatic carbocycles. The summed E-state index contributed by atoms with van der Waals surface area (Å²) in [7, 11) is -3.10. The summed E-state index contributed by atoms with van der Waals surface area (Å²) in [6.07, 6.45) is -5.69. The van der Waals surface area contributed by atoms with E-state index >= 15 is 0 Å². The standard InChI is InChI=1S/C21H24F3N2O7P/c1-12(2)32-20(29)16(8-21(22,23)24)26-34(30)33-18-7-5-4-6-17(18)31-11-14-9-25-13(3)19(28)15(14)10-27/h4-7,9,12,16,27-28H,8,10-11H2,1-3H3. The Hall–Kier alpha value is -2.95. The molecule has 2 unspecified atom stereocenters. The molecule has 2 N–H and O–H groups in total. The molecule has 186 valence electrons. The number of alkyl halides is 3. The number of carbonyl (C=O) groups is 1. The highest BCUT2D eigenvalue weighted by Crippen LogP contribution is 2.35. The summed E-state index contributed by atoms with van der Waals surface area (Å²) in [5.74, 6) is -1.50. The van der Waals surface area contributed by atoms with Crippen molar-refractivity contribution in [1.29, 1.82) is 0 Å². The number of ether oxygens (including phenoxy) is 2. The van der Waals surface area contributed by atoms with Crippen molar-refractivity contribution < 1.29 is 47.1 Å². The third-order valence-corrected chi connectivity index (χ3v) is 5.10. The van der Waals surface area contributed by atoms with Gasteiger partial charge in [-0.05, 0) is 32.9 Å². The monoisotopic (exact) mass is 504 g/mol. The van der Waals surface area contributed by atoms with Crippen molar-refractivity contribution in [3.05, 3.63) is 47.3 Å². The number of nitrogens with zero attached hydrogens (tertiary/aromatic N) is 2. The van der Waals surface area contributed by atoms with E-state index in [9.17, 15) is 33.1 Å². The molecule has 0 aliphatic heterocycles. The van der Waals surface area contributed by atoms with Crippen LogP contribution in [-0.2, 0) is 22.7 Å². The summed E-state index contributed by atoms with van der Waals surface area (Å²) < 4.78 is 57.5. The lowest BCUT2D eigenvalue weighted by Gasteiger charge is -2.15. The van der Waals surface area contributed by atoms with E-state index in [1.165, 1.54) is 38.2 Å². The summed E-state index contributed by atoms with van der Waals surface area (Å²) in [5, 5.41) is 19.6. The molecule has 0 saturated heterocycles. The molecule has 0 radical (unpaired) electrons. The van der Waals surface area contributed by atoms with Crippen LogP contribution in [0.4, 0.5) is 13.2 Å². The van der Waals surface area contributed by atoms with E-state index in [-0.39, 0.29) is 29.4 Å². The van der Waals surface area contributed by atoms with E-state index in [0.717, 1.165) is 0 Å². The molecule has 0 saturated carbocycles. The summed E-state index contributed by atoms with van der Waals surface area (Å²) in [4.78, 5) is 28.3. The van der Waals surface area contributed by atoms with E-state index < -0.39 is 45.5 Å². The molecule has 13 heteroatoms. The number of halogens is 3. The van der Waals surface area contributed by atoms with Gasteiger partial charge in [-0.25, -0.2) is 4.79 Å². The van der Waals surface area contributed by atoms with Gasteiger partial charge < -0.3 is 24.6 Å². The second kappa shape index (κ2) is 12.0. The van der Waals surface area contributed by atoms with Crippen LogP contribution in [0.1, 0.15) is 37.1 Å². The number of aryl methyl sites for hydroxylation is 1. The van der Waals surface area contributed by atoms with Crippen LogP contribution in [0.3, 0.4) is 0 Å². The van der Waals surface area contributed by atoms with Crippen molar-refractivity contribution in [2.45, 2.75) is 58.7 Å². The third-order valence-electron chi connectivity index (χ3n) is 4.28. The molecular formula is C21H24F3N2O7P. The maximum absolute atomic E-state index is 12.9. The van der Waals surface area contributed by atoms with Gasteiger partial charge in [-0.15, -0.1) is 0 Å². The average Bonchev–Trinajstić information content (AvgIpc) is 2.73. The molecular weight excluding hydrogens is 480 g/mol. The first-order valence-corrected chi connectivity index (χ1v) is 11.2. The van der Waals surface area contributed by atoms with Crippen LogP contribution in [-0.4, -0.2) is 39.5 Å². The molecule has 1 aromatic carbocycles. The van der Waals surface area contributed by atoms with Crippen LogP contribution < -0.4 is 14.2 Å². The molecule has 2 rings (SSSR count). The van der Waals surface area contributed by atoms with Gasteiger partial charge in [-0.2, -0.15) is 13.2 Å². The highest BCUT2D eigenvalue weighted by Gasteiger charge is 2.38. The van der Waals surface area contributed by atoms with Crippen LogP contribution in [0.2, 0.25) is 0 Å². The number of pyridine rings is 1. The summed E-state index contributed by atoms with van der Waals surface area (Å²) in [6, 6.07) is 3.80. The number of esters is 1. The number of aliphatic hydroxyl groups is 1. The number of aliphatic hydroxyl groups excluding tert-OH is 1. The molecule has 9 nitrogen and oxygen atoms in total. The normalized spacial score (nSPS) is 13.0. The van der Waals surface area contributed by atoms with Gasteiger partial charge in [-0.3, -0.25) is 9.51 Å². The number of benzene rings is 1. The fraction of sp³-hybridized carbons (Fsp3) is 0.429. The van der Waals surface area contributed by atoms with Crippen LogP contribution in [0.15, 0.2) is 35.2 Å². The zero-order chi connectivity index (χ0) is 25.5.